The van der Waals surface area contributed by atoms with Crippen molar-refractivity contribution in [1.82, 2.24) is 0 Å². The summed E-state index contributed by atoms with van der Waals surface area (Å²) in [5.74, 6) is 0. The summed E-state index contributed by atoms with van der Waals surface area (Å²) in [7, 11) is 0. The molecule has 1 heterocycles. The van der Waals surface area contributed by atoms with Crippen molar-refractivity contribution in [1.29, 1.82) is 0 Å². The molecule has 1 aliphatic heterocycles. The Morgan fingerprint density at radius 3 is 2.62 bits per heavy atom. The van der Waals surface area contributed by atoms with Gasteiger partial charge in [0.05, 0.1) is 25.4 Å². The number of aliphatic hydroxyl groups excluding tert-OH is 1. The van der Waals surface area contributed by atoms with E-state index in [-0.39, 0.29) is 18.9 Å². The number of nitrogens with two attached hydrogens (primary N) is 1. The van der Waals surface area contributed by atoms with Crippen LogP contribution in [0.1, 0.15) is 5.56 Å². The number of hydrogen-bond donors (Lipinski definition) is 2. The Hall–Kier alpha value is -0.940. The Kier molecular flexibility index (Phi) is 3.90. The summed E-state index contributed by atoms with van der Waals surface area (Å²) in [6, 6.07) is 9.61. The minimum Gasteiger partial charge on any atom is -0.389 e. The highest BCUT2D eigenvalue weighted by Crippen LogP contribution is 2.11. The zero-order chi connectivity index (χ0) is 11.4. The van der Waals surface area contributed by atoms with Crippen molar-refractivity contribution in [3.8, 4) is 0 Å². The van der Waals surface area contributed by atoms with E-state index >= 15 is 0 Å². The van der Waals surface area contributed by atoms with Gasteiger partial charge < -0.3 is 20.3 Å². The zero-order valence-electron chi connectivity index (χ0n) is 9.08. The van der Waals surface area contributed by atoms with Gasteiger partial charge in [-0.3, -0.25) is 0 Å². The van der Waals surface area contributed by atoms with Gasteiger partial charge in [0.25, 0.3) is 0 Å². The first-order valence-corrected chi connectivity index (χ1v) is 5.46. The van der Waals surface area contributed by atoms with Crippen molar-refractivity contribution in [2.24, 2.45) is 5.73 Å². The Labute approximate surface area is 95.0 Å². The van der Waals surface area contributed by atoms with E-state index in [9.17, 15) is 5.11 Å². The van der Waals surface area contributed by atoms with Gasteiger partial charge in [-0.15, -0.1) is 0 Å². The summed E-state index contributed by atoms with van der Waals surface area (Å²) >= 11 is 0. The number of aliphatic hydroxyl groups is 1. The van der Waals surface area contributed by atoms with Crippen molar-refractivity contribution < 1.29 is 14.6 Å². The van der Waals surface area contributed by atoms with Gasteiger partial charge in [-0.25, -0.2) is 0 Å². The van der Waals surface area contributed by atoms with Gasteiger partial charge in [-0.2, -0.15) is 0 Å². The van der Waals surface area contributed by atoms with E-state index in [2.05, 4.69) is 0 Å². The van der Waals surface area contributed by atoms with Crippen LogP contribution in [0.25, 0.3) is 0 Å². The molecule has 0 spiro atoms. The average molecular weight is 223 g/mol. The molecule has 1 aromatic rings. The summed E-state index contributed by atoms with van der Waals surface area (Å²) in [6.07, 6.45) is -0.272. The summed E-state index contributed by atoms with van der Waals surface area (Å²) in [5.41, 5.74) is 6.83. The summed E-state index contributed by atoms with van der Waals surface area (Å²) < 4.78 is 10.9. The fraction of sp³-hybridized carbons (Fsp3) is 0.500. The van der Waals surface area contributed by atoms with Gasteiger partial charge in [-0.1, -0.05) is 30.3 Å². The second kappa shape index (κ2) is 5.41. The molecule has 0 radical (unpaired) electrons. The molecule has 0 saturated carbocycles. The van der Waals surface area contributed by atoms with E-state index in [4.69, 9.17) is 15.2 Å². The lowest BCUT2D eigenvalue weighted by molar-refractivity contribution is -0.130. The normalized spacial score (nSPS) is 31.0. The molecular weight excluding hydrogens is 206 g/mol. The molecule has 1 aromatic carbocycles. The van der Waals surface area contributed by atoms with Gasteiger partial charge in [0, 0.05) is 6.42 Å². The Balaban J connectivity index is 1.91. The van der Waals surface area contributed by atoms with Gasteiger partial charge in [0.1, 0.15) is 0 Å². The van der Waals surface area contributed by atoms with Gasteiger partial charge in [-0.05, 0) is 5.56 Å². The molecule has 3 atom stereocenters. The molecule has 3 unspecified atom stereocenters. The van der Waals surface area contributed by atoms with Crippen LogP contribution < -0.4 is 5.73 Å². The number of hydrogen-bond acceptors (Lipinski definition) is 4. The van der Waals surface area contributed by atoms with E-state index in [0.717, 1.165) is 5.56 Å². The first-order valence-electron chi connectivity index (χ1n) is 5.46. The minimum absolute atomic E-state index is 0.235. The second-order valence-corrected chi connectivity index (χ2v) is 4.02. The number of rotatable bonds is 2. The largest absolute Gasteiger partial charge is 0.389 e. The molecule has 0 aliphatic carbocycles. The van der Waals surface area contributed by atoms with Gasteiger partial charge in [0.15, 0.2) is 6.29 Å². The predicted octanol–water partition coefficient (Wildman–Crippen LogP) is 0.290. The van der Waals surface area contributed by atoms with E-state index in [1.807, 2.05) is 30.3 Å². The molecule has 1 saturated heterocycles. The lowest BCUT2D eigenvalue weighted by Crippen LogP contribution is -2.39. The third-order valence-electron chi connectivity index (χ3n) is 2.67. The van der Waals surface area contributed by atoms with Crippen LogP contribution in [0, 0.1) is 0 Å². The average Bonchev–Trinajstić information content (AvgIpc) is 2.46. The molecule has 1 fully saturated rings. The molecule has 4 nitrogen and oxygen atoms in total. The van der Waals surface area contributed by atoms with E-state index in [1.54, 1.807) is 0 Å². The third-order valence-corrected chi connectivity index (χ3v) is 2.67. The molecular formula is C12H17NO3. The van der Waals surface area contributed by atoms with E-state index in [1.165, 1.54) is 0 Å². The van der Waals surface area contributed by atoms with Crippen LogP contribution in [0.3, 0.4) is 0 Å². The quantitative estimate of drug-likeness (QED) is 0.756. The monoisotopic (exact) mass is 223 g/mol. The fourth-order valence-electron chi connectivity index (χ4n) is 1.63. The van der Waals surface area contributed by atoms with E-state index in [0.29, 0.717) is 13.0 Å². The smallest absolute Gasteiger partial charge is 0.161 e. The zero-order valence-corrected chi connectivity index (χ0v) is 9.08. The maximum absolute atomic E-state index is 9.51. The van der Waals surface area contributed by atoms with Crippen LogP contribution in [0.5, 0.6) is 0 Å². The van der Waals surface area contributed by atoms with Gasteiger partial charge >= 0.3 is 0 Å². The summed E-state index contributed by atoms with van der Waals surface area (Å²) in [5, 5.41) is 9.51. The van der Waals surface area contributed by atoms with Crippen molar-refractivity contribution >= 4 is 0 Å². The highest BCUT2D eigenvalue weighted by molar-refractivity contribution is 5.15. The van der Waals surface area contributed by atoms with Crippen LogP contribution in [0.2, 0.25) is 0 Å². The highest BCUT2D eigenvalue weighted by atomic mass is 16.7. The molecule has 0 amide bonds. The molecule has 3 N–H and O–H groups in total. The first-order chi connectivity index (χ1) is 7.75. The summed E-state index contributed by atoms with van der Waals surface area (Å²) in [4.78, 5) is 0. The lowest BCUT2D eigenvalue weighted by atomic mass is 10.1. The third kappa shape index (κ3) is 3.02. The number of benzene rings is 1. The molecule has 2 rings (SSSR count). The summed E-state index contributed by atoms with van der Waals surface area (Å²) in [6.45, 7) is 0.567. The van der Waals surface area contributed by atoms with Crippen LogP contribution in [-0.4, -0.2) is 36.8 Å². The SMILES string of the molecule is NC1COC(Cc2ccccc2)OCC1O. The van der Waals surface area contributed by atoms with Crippen LogP contribution >= 0.6 is 0 Å². The van der Waals surface area contributed by atoms with Crippen molar-refractivity contribution in [2.45, 2.75) is 24.9 Å². The fourth-order valence-corrected chi connectivity index (χ4v) is 1.63. The molecule has 1 aliphatic rings. The van der Waals surface area contributed by atoms with Crippen LogP contribution in [0.15, 0.2) is 30.3 Å². The van der Waals surface area contributed by atoms with Gasteiger partial charge in [0.2, 0.25) is 0 Å². The maximum Gasteiger partial charge on any atom is 0.161 e. The van der Waals surface area contributed by atoms with Crippen LogP contribution in [0.4, 0.5) is 0 Å². The van der Waals surface area contributed by atoms with Crippen molar-refractivity contribution in [3.63, 3.8) is 0 Å². The molecule has 0 bridgehead atoms. The lowest BCUT2D eigenvalue weighted by Gasteiger charge is -2.15. The predicted molar refractivity (Wildman–Crippen MR) is 59.8 cm³/mol. The second-order valence-electron chi connectivity index (χ2n) is 4.02. The standard InChI is InChI=1S/C12H17NO3/c13-10-7-15-12(16-8-11(10)14)6-9-4-2-1-3-5-9/h1-5,10-12,14H,6-8,13H2. The maximum atomic E-state index is 9.51. The Bertz CT molecular complexity index is 305. The topological polar surface area (TPSA) is 64.7 Å². The first kappa shape index (κ1) is 11.5. The molecule has 0 aromatic heterocycles. The minimum atomic E-state index is -0.638. The highest BCUT2D eigenvalue weighted by Gasteiger charge is 2.24. The van der Waals surface area contributed by atoms with E-state index < -0.39 is 6.10 Å². The van der Waals surface area contributed by atoms with Crippen molar-refractivity contribution in [2.75, 3.05) is 13.2 Å². The Morgan fingerprint density at radius 1 is 1.19 bits per heavy atom. The van der Waals surface area contributed by atoms with Crippen molar-refractivity contribution in [3.05, 3.63) is 35.9 Å². The molecule has 4 heteroatoms. The molecule has 16 heavy (non-hydrogen) atoms. The van der Waals surface area contributed by atoms with Crippen LogP contribution in [-0.2, 0) is 15.9 Å². The molecule has 88 valence electrons. The Morgan fingerprint density at radius 2 is 1.88 bits per heavy atom. The number of ether oxygens (including phenoxy) is 2.